The summed E-state index contributed by atoms with van der Waals surface area (Å²) in [6, 6.07) is 9.47. The number of para-hydroxylation sites is 2. The zero-order chi connectivity index (χ0) is 14.5. The highest BCUT2D eigenvalue weighted by Gasteiger charge is 2.10. The molecule has 2 N–H and O–H groups in total. The highest BCUT2D eigenvalue weighted by Crippen LogP contribution is 2.24. The number of hydrogen-bond acceptors (Lipinski definition) is 2. The van der Waals surface area contributed by atoms with Gasteiger partial charge in [-0.15, -0.1) is 0 Å². The first-order valence-corrected chi connectivity index (χ1v) is 6.77. The fraction of sp³-hybridized carbons (Fsp3) is 0.312. The van der Waals surface area contributed by atoms with Crippen molar-refractivity contribution in [3.05, 3.63) is 47.3 Å². The predicted molar refractivity (Wildman–Crippen MR) is 80.2 cm³/mol. The molecule has 0 radical (unpaired) electrons. The van der Waals surface area contributed by atoms with Crippen molar-refractivity contribution in [3.63, 3.8) is 0 Å². The quantitative estimate of drug-likeness (QED) is 0.878. The number of anilines is 1. The largest absolute Gasteiger partial charge is 0.492 e. The fourth-order valence-corrected chi connectivity index (χ4v) is 2.18. The van der Waals surface area contributed by atoms with Crippen LogP contribution in [-0.4, -0.2) is 17.5 Å². The number of amides is 1. The lowest BCUT2D eigenvalue weighted by Gasteiger charge is -2.11. The predicted octanol–water partition coefficient (Wildman–Crippen LogP) is 3.21. The normalized spacial score (nSPS) is 10.3. The third-order valence-corrected chi connectivity index (χ3v) is 3.07. The summed E-state index contributed by atoms with van der Waals surface area (Å²) in [7, 11) is 0. The van der Waals surface area contributed by atoms with Gasteiger partial charge in [-0.2, -0.15) is 0 Å². The van der Waals surface area contributed by atoms with Gasteiger partial charge in [0.05, 0.1) is 18.7 Å². The van der Waals surface area contributed by atoms with Crippen LogP contribution < -0.4 is 10.1 Å². The molecular formula is C16H20N2O2. The van der Waals surface area contributed by atoms with Crippen LogP contribution in [0.3, 0.4) is 0 Å². The molecule has 106 valence electrons. The van der Waals surface area contributed by atoms with Crippen LogP contribution in [-0.2, 0) is 11.2 Å². The Labute approximate surface area is 119 Å². The van der Waals surface area contributed by atoms with Crippen LogP contribution in [0, 0.1) is 13.8 Å². The van der Waals surface area contributed by atoms with E-state index in [-0.39, 0.29) is 5.91 Å². The zero-order valence-electron chi connectivity index (χ0n) is 12.1. The number of rotatable bonds is 5. The van der Waals surface area contributed by atoms with Crippen LogP contribution in [0.5, 0.6) is 5.75 Å². The number of nitrogens with one attached hydrogen (secondary N) is 2. The highest BCUT2D eigenvalue weighted by atomic mass is 16.5. The van der Waals surface area contributed by atoms with Crippen LogP contribution in [0.2, 0.25) is 0 Å². The number of carbonyl (C=O) groups is 1. The van der Waals surface area contributed by atoms with Gasteiger partial charge >= 0.3 is 0 Å². The van der Waals surface area contributed by atoms with E-state index in [2.05, 4.69) is 10.3 Å². The SMILES string of the molecule is CCOc1ccccc1NC(=O)Cc1cc(C)[nH]c1C. The van der Waals surface area contributed by atoms with E-state index in [1.807, 2.05) is 51.1 Å². The van der Waals surface area contributed by atoms with Gasteiger partial charge in [0.2, 0.25) is 5.91 Å². The van der Waals surface area contributed by atoms with E-state index >= 15 is 0 Å². The summed E-state index contributed by atoms with van der Waals surface area (Å²) in [6.07, 6.45) is 0.358. The first kappa shape index (κ1) is 14.2. The second kappa shape index (κ2) is 6.28. The molecule has 1 aromatic heterocycles. The minimum absolute atomic E-state index is 0.0424. The van der Waals surface area contributed by atoms with Gasteiger partial charge < -0.3 is 15.0 Å². The molecule has 1 aromatic carbocycles. The molecule has 1 amide bonds. The second-order valence-corrected chi connectivity index (χ2v) is 4.76. The average Bonchev–Trinajstić information content (AvgIpc) is 2.70. The molecule has 0 fully saturated rings. The van der Waals surface area contributed by atoms with Gasteiger partial charge in [0.15, 0.2) is 0 Å². The van der Waals surface area contributed by atoms with Gasteiger partial charge in [-0.1, -0.05) is 12.1 Å². The molecule has 4 nitrogen and oxygen atoms in total. The highest BCUT2D eigenvalue weighted by molar-refractivity contribution is 5.93. The van der Waals surface area contributed by atoms with E-state index in [0.29, 0.717) is 24.5 Å². The lowest BCUT2D eigenvalue weighted by atomic mass is 10.1. The number of aromatic nitrogens is 1. The molecule has 0 atom stereocenters. The average molecular weight is 272 g/mol. The summed E-state index contributed by atoms with van der Waals surface area (Å²) in [4.78, 5) is 15.3. The van der Waals surface area contributed by atoms with Crippen molar-refractivity contribution in [1.29, 1.82) is 0 Å². The van der Waals surface area contributed by atoms with Gasteiger partial charge in [-0.3, -0.25) is 4.79 Å². The third-order valence-electron chi connectivity index (χ3n) is 3.07. The van der Waals surface area contributed by atoms with Crippen LogP contribution in [0.15, 0.2) is 30.3 Å². The van der Waals surface area contributed by atoms with E-state index in [1.165, 1.54) is 0 Å². The molecule has 2 rings (SSSR count). The van der Waals surface area contributed by atoms with Crippen LogP contribution in [0.25, 0.3) is 0 Å². The molecule has 1 heterocycles. The Balaban J connectivity index is 2.06. The molecule has 0 saturated carbocycles. The Hall–Kier alpha value is -2.23. The third kappa shape index (κ3) is 3.41. The van der Waals surface area contributed by atoms with Crippen LogP contribution in [0.1, 0.15) is 23.9 Å². The van der Waals surface area contributed by atoms with Crippen molar-refractivity contribution in [1.82, 2.24) is 4.98 Å². The van der Waals surface area contributed by atoms with Crippen molar-refractivity contribution in [2.45, 2.75) is 27.2 Å². The molecule has 2 aromatic rings. The number of hydrogen-bond donors (Lipinski definition) is 2. The standard InChI is InChI=1S/C16H20N2O2/c1-4-20-15-8-6-5-7-14(15)18-16(19)10-13-9-11(2)17-12(13)3/h5-9,17H,4,10H2,1-3H3,(H,18,19). The molecule has 0 aliphatic carbocycles. The summed E-state index contributed by atoms with van der Waals surface area (Å²) in [5, 5.41) is 2.90. The Kier molecular flexibility index (Phi) is 4.45. The van der Waals surface area contributed by atoms with Crippen LogP contribution in [0.4, 0.5) is 5.69 Å². The lowest BCUT2D eigenvalue weighted by Crippen LogP contribution is -2.15. The monoisotopic (exact) mass is 272 g/mol. The molecule has 0 bridgehead atoms. The number of benzene rings is 1. The Bertz CT molecular complexity index is 602. The Morgan fingerprint density at radius 1 is 1.30 bits per heavy atom. The van der Waals surface area contributed by atoms with Gasteiger partial charge in [0, 0.05) is 11.4 Å². The van der Waals surface area contributed by atoms with Crippen molar-refractivity contribution in [2.75, 3.05) is 11.9 Å². The van der Waals surface area contributed by atoms with E-state index in [9.17, 15) is 4.79 Å². The molecule has 4 heteroatoms. The van der Waals surface area contributed by atoms with Crippen molar-refractivity contribution in [2.24, 2.45) is 0 Å². The van der Waals surface area contributed by atoms with E-state index in [0.717, 1.165) is 17.0 Å². The minimum atomic E-state index is -0.0424. The molecular weight excluding hydrogens is 252 g/mol. The zero-order valence-corrected chi connectivity index (χ0v) is 12.1. The minimum Gasteiger partial charge on any atom is -0.492 e. The molecule has 0 unspecified atom stereocenters. The molecule has 20 heavy (non-hydrogen) atoms. The van der Waals surface area contributed by atoms with Crippen molar-refractivity contribution >= 4 is 11.6 Å². The Morgan fingerprint density at radius 2 is 2.05 bits per heavy atom. The number of aromatic amines is 1. The smallest absolute Gasteiger partial charge is 0.228 e. The fourth-order valence-electron chi connectivity index (χ4n) is 2.18. The van der Waals surface area contributed by atoms with E-state index in [4.69, 9.17) is 4.74 Å². The van der Waals surface area contributed by atoms with Gasteiger partial charge in [-0.05, 0) is 44.5 Å². The maximum Gasteiger partial charge on any atom is 0.228 e. The topological polar surface area (TPSA) is 54.1 Å². The molecule has 0 aliphatic heterocycles. The van der Waals surface area contributed by atoms with Crippen LogP contribution >= 0.6 is 0 Å². The number of H-pyrrole nitrogens is 1. The maximum absolute atomic E-state index is 12.1. The summed E-state index contributed by atoms with van der Waals surface area (Å²) in [6.45, 7) is 6.45. The summed E-state index contributed by atoms with van der Waals surface area (Å²) < 4.78 is 5.50. The number of carbonyl (C=O) groups excluding carboxylic acids is 1. The molecule has 0 saturated heterocycles. The maximum atomic E-state index is 12.1. The number of ether oxygens (including phenoxy) is 1. The molecule has 0 aliphatic rings. The lowest BCUT2D eigenvalue weighted by molar-refractivity contribution is -0.115. The first-order chi connectivity index (χ1) is 9.60. The van der Waals surface area contributed by atoms with Gasteiger partial charge in [0.25, 0.3) is 0 Å². The first-order valence-electron chi connectivity index (χ1n) is 6.77. The summed E-state index contributed by atoms with van der Waals surface area (Å²) in [5.41, 5.74) is 3.84. The Morgan fingerprint density at radius 3 is 2.70 bits per heavy atom. The number of aryl methyl sites for hydroxylation is 2. The second-order valence-electron chi connectivity index (χ2n) is 4.76. The van der Waals surface area contributed by atoms with Crippen molar-refractivity contribution < 1.29 is 9.53 Å². The van der Waals surface area contributed by atoms with Gasteiger partial charge in [0.1, 0.15) is 5.75 Å². The van der Waals surface area contributed by atoms with E-state index in [1.54, 1.807) is 0 Å². The molecule has 0 spiro atoms. The van der Waals surface area contributed by atoms with Crippen molar-refractivity contribution in [3.8, 4) is 5.75 Å². The van der Waals surface area contributed by atoms with Gasteiger partial charge in [-0.25, -0.2) is 0 Å². The summed E-state index contributed by atoms with van der Waals surface area (Å²) >= 11 is 0. The summed E-state index contributed by atoms with van der Waals surface area (Å²) in [5.74, 6) is 0.657. The van der Waals surface area contributed by atoms with E-state index < -0.39 is 0 Å².